The summed E-state index contributed by atoms with van der Waals surface area (Å²) < 4.78 is 25.8. The fraction of sp³-hybridized carbons (Fsp3) is 0.125. The van der Waals surface area contributed by atoms with Gasteiger partial charge in [-0.05, 0) is 12.1 Å². The number of benzene rings is 1. The minimum absolute atomic E-state index is 0.0225. The van der Waals surface area contributed by atoms with Gasteiger partial charge in [-0.2, -0.15) is 0 Å². The molecular formula is C8H7ClF2N2. The first-order valence-electron chi connectivity index (χ1n) is 3.48. The summed E-state index contributed by atoms with van der Waals surface area (Å²) in [5.74, 6) is -1.60. The number of amidine groups is 1. The third-order valence-electron chi connectivity index (χ3n) is 1.33. The van der Waals surface area contributed by atoms with E-state index >= 15 is 0 Å². The molecule has 2 nitrogen and oxygen atoms in total. The minimum Gasteiger partial charge on any atom is -0.386 e. The van der Waals surface area contributed by atoms with Crippen molar-refractivity contribution in [2.24, 2.45) is 10.7 Å². The molecule has 5 heteroatoms. The van der Waals surface area contributed by atoms with Crippen LogP contribution in [-0.4, -0.2) is 11.7 Å². The summed E-state index contributed by atoms with van der Waals surface area (Å²) in [4.78, 5) is 3.49. The van der Waals surface area contributed by atoms with Crippen LogP contribution in [-0.2, 0) is 0 Å². The van der Waals surface area contributed by atoms with Crippen LogP contribution in [0.1, 0.15) is 0 Å². The van der Waals surface area contributed by atoms with Crippen molar-refractivity contribution in [3.8, 4) is 0 Å². The zero-order valence-electron chi connectivity index (χ0n) is 6.60. The van der Waals surface area contributed by atoms with Crippen LogP contribution in [0.4, 0.5) is 14.5 Å². The zero-order valence-corrected chi connectivity index (χ0v) is 7.35. The Kier molecular flexibility index (Phi) is 3.19. The molecule has 13 heavy (non-hydrogen) atoms. The van der Waals surface area contributed by atoms with Crippen molar-refractivity contribution < 1.29 is 8.78 Å². The second-order valence-corrected chi connectivity index (χ2v) is 2.57. The lowest BCUT2D eigenvalue weighted by Crippen LogP contribution is -2.12. The molecule has 0 bridgehead atoms. The van der Waals surface area contributed by atoms with E-state index in [4.69, 9.17) is 17.3 Å². The molecule has 0 heterocycles. The number of nitrogens with zero attached hydrogens (tertiary/aromatic N) is 1. The number of rotatable bonds is 2. The van der Waals surface area contributed by atoms with Gasteiger partial charge in [0.2, 0.25) is 0 Å². The first kappa shape index (κ1) is 9.92. The molecule has 0 unspecified atom stereocenters. The van der Waals surface area contributed by atoms with E-state index in [1.165, 1.54) is 6.07 Å². The SMILES string of the molecule is NC(CCl)=Nc1c(F)cccc1F. The molecule has 0 spiro atoms. The average Bonchev–Trinajstić information content (AvgIpc) is 2.11. The number of halogens is 3. The fourth-order valence-corrected chi connectivity index (χ4v) is 0.829. The number of para-hydroxylation sites is 1. The maximum absolute atomic E-state index is 12.9. The smallest absolute Gasteiger partial charge is 0.151 e. The maximum Gasteiger partial charge on any atom is 0.151 e. The Morgan fingerprint density at radius 3 is 2.38 bits per heavy atom. The molecule has 0 aliphatic carbocycles. The first-order valence-corrected chi connectivity index (χ1v) is 4.01. The average molecular weight is 205 g/mol. The van der Waals surface area contributed by atoms with Crippen LogP contribution in [0.5, 0.6) is 0 Å². The monoisotopic (exact) mass is 204 g/mol. The standard InChI is InChI=1S/C8H7ClF2N2/c9-4-7(12)13-8-5(10)2-1-3-6(8)11/h1-3H,4H2,(H2,12,13). The van der Waals surface area contributed by atoms with Gasteiger partial charge in [0.1, 0.15) is 11.5 Å². The number of aliphatic imine (C=N–C) groups is 1. The van der Waals surface area contributed by atoms with Gasteiger partial charge in [-0.3, -0.25) is 0 Å². The summed E-state index contributed by atoms with van der Waals surface area (Å²) in [6, 6.07) is 3.45. The van der Waals surface area contributed by atoms with E-state index in [-0.39, 0.29) is 11.7 Å². The summed E-state index contributed by atoms with van der Waals surface area (Å²) in [5, 5.41) is 0. The van der Waals surface area contributed by atoms with E-state index in [2.05, 4.69) is 4.99 Å². The van der Waals surface area contributed by atoms with Gasteiger partial charge in [0.15, 0.2) is 11.6 Å². The lowest BCUT2D eigenvalue weighted by Gasteiger charge is -1.99. The lowest BCUT2D eigenvalue weighted by molar-refractivity contribution is 0.587. The highest BCUT2D eigenvalue weighted by Crippen LogP contribution is 2.21. The van der Waals surface area contributed by atoms with Crippen molar-refractivity contribution in [3.63, 3.8) is 0 Å². The molecule has 0 saturated carbocycles. The molecular weight excluding hydrogens is 198 g/mol. The van der Waals surface area contributed by atoms with Crippen LogP contribution in [0, 0.1) is 11.6 Å². The molecule has 0 amide bonds. The van der Waals surface area contributed by atoms with Crippen molar-refractivity contribution in [1.82, 2.24) is 0 Å². The highest BCUT2D eigenvalue weighted by Gasteiger charge is 2.06. The van der Waals surface area contributed by atoms with Crippen LogP contribution < -0.4 is 5.73 Å². The van der Waals surface area contributed by atoms with Gasteiger partial charge >= 0.3 is 0 Å². The third kappa shape index (κ3) is 2.39. The molecule has 1 rings (SSSR count). The van der Waals surface area contributed by atoms with Gasteiger partial charge in [-0.15, -0.1) is 11.6 Å². The summed E-state index contributed by atoms with van der Waals surface area (Å²) in [6.45, 7) is 0. The van der Waals surface area contributed by atoms with Crippen LogP contribution in [0.25, 0.3) is 0 Å². The van der Waals surface area contributed by atoms with Crippen molar-refractivity contribution in [2.75, 3.05) is 5.88 Å². The van der Waals surface area contributed by atoms with Crippen LogP contribution in [0.3, 0.4) is 0 Å². The molecule has 0 radical (unpaired) electrons. The van der Waals surface area contributed by atoms with Crippen molar-refractivity contribution in [3.05, 3.63) is 29.8 Å². The van der Waals surface area contributed by atoms with Gasteiger partial charge in [0.05, 0.1) is 5.88 Å². The van der Waals surface area contributed by atoms with E-state index in [9.17, 15) is 8.78 Å². The van der Waals surface area contributed by atoms with Crippen LogP contribution >= 0.6 is 11.6 Å². The Morgan fingerprint density at radius 2 is 1.92 bits per heavy atom. The van der Waals surface area contributed by atoms with Gasteiger partial charge < -0.3 is 5.73 Å². The van der Waals surface area contributed by atoms with E-state index < -0.39 is 17.3 Å². The summed E-state index contributed by atoms with van der Waals surface area (Å²) in [5.41, 5.74) is 4.83. The molecule has 0 aromatic heterocycles. The largest absolute Gasteiger partial charge is 0.386 e. The lowest BCUT2D eigenvalue weighted by atomic mass is 10.3. The molecule has 0 fully saturated rings. The molecule has 0 saturated heterocycles. The predicted molar refractivity (Wildman–Crippen MR) is 48.4 cm³/mol. The number of alkyl halides is 1. The zero-order chi connectivity index (χ0) is 9.84. The van der Waals surface area contributed by atoms with Crippen LogP contribution in [0.15, 0.2) is 23.2 Å². The predicted octanol–water partition coefficient (Wildman–Crippen LogP) is 2.19. The number of hydrogen-bond donors (Lipinski definition) is 1. The van der Waals surface area contributed by atoms with E-state index in [0.29, 0.717) is 0 Å². The third-order valence-corrected chi connectivity index (χ3v) is 1.60. The van der Waals surface area contributed by atoms with Gasteiger partial charge in [0, 0.05) is 0 Å². The Balaban J connectivity index is 3.14. The summed E-state index contributed by atoms with van der Waals surface area (Å²) >= 11 is 5.31. The van der Waals surface area contributed by atoms with Crippen molar-refractivity contribution in [1.29, 1.82) is 0 Å². The maximum atomic E-state index is 12.9. The quantitative estimate of drug-likeness (QED) is 0.448. The summed E-state index contributed by atoms with van der Waals surface area (Å²) in [6.07, 6.45) is 0. The van der Waals surface area contributed by atoms with E-state index in [1.54, 1.807) is 0 Å². The molecule has 0 atom stereocenters. The Hall–Kier alpha value is -1.16. The van der Waals surface area contributed by atoms with Gasteiger partial charge in [-0.25, -0.2) is 13.8 Å². The second kappa shape index (κ2) is 4.18. The minimum atomic E-state index is -0.756. The Bertz CT molecular complexity index is 319. The van der Waals surface area contributed by atoms with Gasteiger partial charge in [-0.1, -0.05) is 6.07 Å². The second-order valence-electron chi connectivity index (χ2n) is 2.31. The van der Waals surface area contributed by atoms with E-state index in [1.807, 2.05) is 0 Å². The molecule has 1 aromatic carbocycles. The summed E-state index contributed by atoms with van der Waals surface area (Å²) in [7, 11) is 0. The fourth-order valence-electron chi connectivity index (χ4n) is 0.769. The molecule has 0 aliphatic rings. The first-order chi connectivity index (χ1) is 6.15. The normalized spacial score (nSPS) is 11.8. The molecule has 2 N–H and O–H groups in total. The number of nitrogens with two attached hydrogens (primary N) is 1. The Morgan fingerprint density at radius 1 is 1.38 bits per heavy atom. The van der Waals surface area contributed by atoms with Crippen LogP contribution in [0.2, 0.25) is 0 Å². The molecule has 1 aromatic rings. The Labute approximate surface area is 79.0 Å². The number of hydrogen-bond acceptors (Lipinski definition) is 1. The topological polar surface area (TPSA) is 38.4 Å². The van der Waals surface area contributed by atoms with E-state index in [0.717, 1.165) is 12.1 Å². The van der Waals surface area contributed by atoms with Crippen molar-refractivity contribution >= 4 is 23.1 Å². The molecule has 70 valence electrons. The van der Waals surface area contributed by atoms with Gasteiger partial charge in [0.25, 0.3) is 0 Å². The van der Waals surface area contributed by atoms with Crippen molar-refractivity contribution in [2.45, 2.75) is 0 Å². The molecule has 0 aliphatic heterocycles. The highest BCUT2D eigenvalue weighted by atomic mass is 35.5. The highest BCUT2D eigenvalue weighted by molar-refractivity contribution is 6.28.